The number of nitrogens with one attached hydrogen (secondary N) is 1. The zero-order valence-electron chi connectivity index (χ0n) is 11.3. The van der Waals surface area contributed by atoms with Gasteiger partial charge >= 0.3 is 0 Å². The van der Waals surface area contributed by atoms with Gasteiger partial charge in [-0.3, -0.25) is 24.9 Å². The number of aromatic nitrogens is 2. The number of nitrogens with zero attached hydrogens (tertiary/aromatic N) is 3. The first kappa shape index (κ1) is 13.6. The highest BCUT2D eigenvalue weighted by atomic mass is 16.6. The van der Waals surface area contributed by atoms with Crippen LogP contribution in [0.3, 0.4) is 0 Å². The highest BCUT2D eigenvalue weighted by molar-refractivity contribution is 6.05. The average molecular weight is 294 g/mol. The SMILES string of the molecule is O=C(Nc1cccc([N+](=O)[O-])c1)c1ccc2nccnc2c1. The topological polar surface area (TPSA) is 98.0 Å². The molecule has 0 bridgehead atoms. The lowest BCUT2D eigenvalue weighted by Crippen LogP contribution is -2.12. The summed E-state index contributed by atoms with van der Waals surface area (Å²) in [6.07, 6.45) is 3.12. The maximum Gasteiger partial charge on any atom is 0.271 e. The standard InChI is InChI=1S/C15H10N4O3/c20-15(18-11-2-1-3-12(9-11)19(21)22)10-4-5-13-14(8-10)17-7-6-16-13/h1-9H,(H,18,20). The molecule has 3 rings (SSSR count). The number of amides is 1. The van der Waals surface area contributed by atoms with Gasteiger partial charge in [-0.2, -0.15) is 0 Å². The molecule has 0 spiro atoms. The van der Waals surface area contributed by atoms with E-state index in [0.717, 1.165) is 0 Å². The van der Waals surface area contributed by atoms with Crippen LogP contribution in [0.5, 0.6) is 0 Å². The Labute approximate surface area is 124 Å². The Morgan fingerprint density at radius 1 is 1.05 bits per heavy atom. The third-order valence-electron chi connectivity index (χ3n) is 3.05. The number of carbonyl (C=O) groups is 1. The van der Waals surface area contributed by atoms with E-state index in [1.165, 1.54) is 18.2 Å². The molecule has 7 nitrogen and oxygen atoms in total. The van der Waals surface area contributed by atoms with E-state index in [1.807, 2.05) is 0 Å². The number of nitro benzene ring substituents is 1. The molecule has 0 fully saturated rings. The van der Waals surface area contributed by atoms with Crippen LogP contribution in [0.15, 0.2) is 54.9 Å². The predicted molar refractivity (Wildman–Crippen MR) is 80.6 cm³/mol. The third-order valence-corrected chi connectivity index (χ3v) is 3.05. The fraction of sp³-hybridized carbons (Fsp3) is 0. The molecule has 0 aliphatic carbocycles. The van der Waals surface area contributed by atoms with Crippen LogP contribution >= 0.6 is 0 Å². The number of hydrogen-bond donors (Lipinski definition) is 1. The molecule has 0 unspecified atom stereocenters. The van der Waals surface area contributed by atoms with Crippen LogP contribution in [0.2, 0.25) is 0 Å². The molecule has 2 aromatic carbocycles. The number of fused-ring (bicyclic) bond motifs is 1. The molecule has 0 atom stereocenters. The van der Waals surface area contributed by atoms with Gasteiger partial charge in [0.1, 0.15) is 0 Å². The van der Waals surface area contributed by atoms with Gasteiger partial charge in [-0.05, 0) is 24.3 Å². The van der Waals surface area contributed by atoms with E-state index in [9.17, 15) is 14.9 Å². The zero-order valence-corrected chi connectivity index (χ0v) is 11.3. The molecule has 0 saturated heterocycles. The minimum Gasteiger partial charge on any atom is -0.322 e. The molecule has 3 aromatic rings. The van der Waals surface area contributed by atoms with E-state index in [4.69, 9.17) is 0 Å². The summed E-state index contributed by atoms with van der Waals surface area (Å²) in [5.74, 6) is -0.368. The highest BCUT2D eigenvalue weighted by Gasteiger charge is 2.10. The molecule has 1 heterocycles. The van der Waals surface area contributed by atoms with Gasteiger partial charge in [0.2, 0.25) is 0 Å². The summed E-state index contributed by atoms with van der Waals surface area (Å²) in [6, 6.07) is 10.7. The van der Waals surface area contributed by atoms with E-state index in [1.54, 1.807) is 36.7 Å². The van der Waals surface area contributed by atoms with Gasteiger partial charge < -0.3 is 5.32 Å². The normalized spacial score (nSPS) is 10.4. The van der Waals surface area contributed by atoms with Gasteiger partial charge in [-0.1, -0.05) is 6.07 Å². The van der Waals surface area contributed by atoms with Crippen molar-refractivity contribution in [2.24, 2.45) is 0 Å². The molecule has 0 aliphatic heterocycles. The van der Waals surface area contributed by atoms with Gasteiger partial charge in [0.15, 0.2) is 0 Å². The Morgan fingerprint density at radius 3 is 2.59 bits per heavy atom. The van der Waals surface area contributed by atoms with Crippen LogP contribution in [0.1, 0.15) is 10.4 Å². The number of carbonyl (C=O) groups excluding carboxylic acids is 1. The molecule has 0 radical (unpaired) electrons. The van der Waals surface area contributed by atoms with Crippen molar-refractivity contribution in [3.05, 3.63) is 70.5 Å². The van der Waals surface area contributed by atoms with Gasteiger partial charge in [-0.25, -0.2) is 0 Å². The molecular formula is C15H10N4O3. The largest absolute Gasteiger partial charge is 0.322 e. The number of anilines is 1. The molecule has 1 amide bonds. The van der Waals surface area contributed by atoms with E-state index >= 15 is 0 Å². The van der Waals surface area contributed by atoms with Crippen molar-refractivity contribution >= 4 is 28.3 Å². The van der Waals surface area contributed by atoms with Gasteiger partial charge in [-0.15, -0.1) is 0 Å². The van der Waals surface area contributed by atoms with Crippen LogP contribution in [-0.2, 0) is 0 Å². The summed E-state index contributed by atoms with van der Waals surface area (Å²) >= 11 is 0. The fourth-order valence-corrected chi connectivity index (χ4v) is 2.01. The lowest BCUT2D eigenvalue weighted by Gasteiger charge is -2.05. The van der Waals surface area contributed by atoms with Gasteiger partial charge in [0, 0.05) is 35.8 Å². The summed E-state index contributed by atoms with van der Waals surface area (Å²) in [7, 11) is 0. The van der Waals surface area contributed by atoms with Crippen molar-refractivity contribution < 1.29 is 9.72 Å². The molecule has 0 aliphatic rings. The Hall–Kier alpha value is -3.35. The molecule has 108 valence electrons. The van der Waals surface area contributed by atoms with Crippen LogP contribution in [0.25, 0.3) is 11.0 Å². The first-order valence-corrected chi connectivity index (χ1v) is 6.40. The zero-order chi connectivity index (χ0) is 15.5. The average Bonchev–Trinajstić information content (AvgIpc) is 2.54. The van der Waals surface area contributed by atoms with Crippen molar-refractivity contribution in [2.45, 2.75) is 0 Å². The van der Waals surface area contributed by atoms with Crippen LogP contribution in [-0.4, -0.2) is 20.8 Å². The lowest BCUT2D eigenvalue weighted by atomic mass is 10.1. The molecule has 0 saturated carbocycles. The lowest BCUT2D eigenvalue weighted by molar-refractivity contribution is -0.384. The number of non-ortho nitro benzene ring substituents is 1. The maximum atomic E-state index is 12.2. The second-order valence-electron chi connectivity index (χ2n) is 4.52. The molecule has 1 N–H and O–H groups in total. The van der Waals surface area contributed by atoms with Crippen molar-refractivity contribution in [3.63, 3.8) is 0 Å². The summed E-state index contributed by atoms with van der Waals surface area (Å²) in [5, 5.41) is 13.4. The molecule has 1 aromatic heterocycles. The van der Waals surface area contributed by atoms with Crippen LogP contribution in [0, 0.1) is 10.1 Å². The number of hydrogen-bond acceptors (Lipinski definition) is 5. The first-order chi connectivity index (χ1) is 10.6. The Balaban J connectivity index is 1.86. The minimum absolute atomic E-state index is 0.0813. The Morgan fingerprint density at radius 2 is 1.82 bits per heavy atom. The third kappa shape index (κ3) is 2.73. The number of rotatable bonds is 3. The smallest absolute Gasteiger partial charge is 0.271 e. The van der Waals surface area contributed by atoms with Gasteiger partial charge in [0.05, 0.1) is 16.0 Å². The minimum atomic E-state index is -0.513. The molecule has 22 heavy (non-hydrogen) atoms. The van der Waals surface area contributed by atoms with E-state index < -0.39 is 4.92 Å². The van der Waals surface area contributed by atoms with Crippen molar-refractivity contribution in [1.82, 2.24) is 9.97 Å². The van der Waals surface area contributed by atoms with Crippen molar-refractivity contribution in [3.8, 4) is 0 Å². The van der Waals surface area contributed by atoms with Gasteiger partial charge in [0.25, 0.3) is 11.6 Å². The predicted octanol–water partition coefficient (Wildman–Crippen LogP) is 2.79. The quantitative estimate of drug-likeness (QED) is 0.591. The number of nitro groups is 1. The Bertz CT molecular complexity index is 879. The highest BCUT2D eigenvalue weighted by Crippen LogP contribution is 2.18. The second-order valence-corrected chi connectivity index (χ2v) is 4.52. The monoisotopic (exact) mass is 294 g/mol. The van der Waals surface area contributed by atoms with Crippen LogP contribution < -0.4 is 5.32 Å². The van der Waals surface area contributed by atoms with E-state index in [0.29, 0.717) is 22.3 Å². The Kier molecular flexibility index (Phi) is 3.45. The summed E-state index contributed by atoms with van der Waals surface area (Å²) < 4.78 is 0. The maximum absolute atomic E-state index is 12.2. The van der Waals surface area contributed by atoms with Crippen LogP contribution in [0.4, 0.5) is 11.4 Å². The molecular weight excluding hydrogens is 284 g/mol. The summed E-state index contributed by atoms with van der Waals surface area (Å²) in [5.41, 5.74) is 1.98. The second kappa shape index (κ2) is 5.57. The first-order valence-electron chi connectivity index (χ1n) is 6.40. The number of benzene rings is 2. The van der Waals surface area contributed by atoms with E-state index in [2.05, 4.69) is 15.3 Å². The summed E-state index contributed by atoms with van der Waals surface area (Å²) in [4.78, 5) is 30.7. The van der Waals surface area contributed by atoms with Crippen molar-refractivity contribution in [2.75, 3.05) is 5.32 Å². The van der Waals surface area contributed by atoms with E-state index in [-0.39, 0.29) is 11.6 Å². The molecule has 7 heteroatoms. The summed E-state index contributed by atoms with van der Waals surface area (Å²) in [6.45, 7) is 0. The fourth-order valence-electron chi connectivity index (χ4n) is 2.01. The van der Waals surface area contributed by atoms with Crippen molar-refractivity contribution in [1.29, 1.82) is 0 Å².